The van der Waals surface area contributed by atoms with Gasteiger partial charge in [0.1, 0.15) is 5.56 Å². The van der Waals surface area contributed by atoms with Crippen LogP contribution in [-0.4, -0.2) is 15.9 Å². The van der Waals surface area contributed by atoms with Crippen molar-refractivity contribution >= 4 is 33.4 Å². The largest absolute Gasteiger partial charge is 0.361 e. The number of rotatable bonds is 4. The average Bonchev–Trinajstić information content (AvgIpc) is 3.26. The van der Waals surface area contributed by atoms with Gasteiger partial charge in [0.15, 0.2) is 0 Å². The summed E-state index contributed by atoms with van der Waals surface area (Å²) in [5, 5.41) is 4.51. The third-order valence-corrected chi connectivity index (χ3v) is 5.86. The minimum absolute atomic E-state index is 0.0800. The molecule has 5 aromatic rings. The highest BCUT2D eigenvalue weighted by atomic mass is 16.2. The molecule has 32 heavy (non-hydrogen) atoms. The van der Waals surface area contributed by atoms with E-state index in [4.69, 9.17) is 0 Å². The number of hydrogen-bond donors (Lipinski definition) is 3. The number of carbonyl (C=O) groups excluding carboxylic acids is 1. The molecule has 0 aliphatic heterocycles. The predicted molar refractivity (Wildman–Crippen MR) is 130 cm³/mol. The van der Waals surface area contributed by atoms with Crippen LogP contribution in [0.3, 0.4) is 0 Å². The predicted octanol–water partition coefficient (Wildman–Crippen LogP) is 6.05. The van der Waals surface area contributed by atoms with Gasteiger partial charge in [-0.15, -0.1) is 0 Å². The number of H-pyrrole nitrogens is 2. The van der Waals surface area contributed by atoms with Crippen molar-refractivity contribution in [3.8, 4) is 11.1 Å². The zero-order valence-corrected chi connectivity index (χ0v) is 17.9. The van der Waals surface area contributed by atoms with E-state index in [1.165, 1.54) is 11.8 Å². The first-order chi connectivity index (χ1) is 15.5. The highest BCUT2D eigenvalue weighted by Crippen LogP contribution is 2.33. The van der Waals surface area contributed by atoms with Crippen LogP contribution in [0, 0.1) is 0 Å². The number of fused-ring (bicyclic) bond motifs is 2. The molecule has 1 amide bonds. The first-order valence-corrected chi connectivity index (χ1v) is 10.6. The molecule has 0 spiro atoms. The smallest absolute Gasteiger partial charge is 0.261 e. The van der Waals surface area contributed by atoms with Crippen molar-refractivity contribution in [2.45, 2.75) is 19.8 Å². The van der Waals surface area contributed by atoms with Crippen LogP contribution in [0.15, 0.2) is 83.9 Å². The van der Waals surface area contributed by atoms with Crippen molar-refractivity contribution in [3.05, 3.63) is 100 Å². The molecule has 0 atom stereocenters. The number of hydrogen-bond acceptors (Lipinski definition) is 2. The molecule has 5 rings (SSSR count). The van der Waals surface area contributed by atoms with Crippen molar-refractivity contribution in [1.82, 2.24) is 9.97 Å². The lowest BCUT2D eigenvalue weighted by Gasteiger charge is -2.14. The molecule has 0 unspecified atom stereocenters. The summed E-state index contributed by atoms with van der Waals surface area (Å²) in [6, 6.07) is 21.5. The van der Waals surface area contributed by atoms with E-state index in [0.717, 1.165) is 22.0 Å². The summed E-state index contributed by atoms with van der Waals surface area (Å²) in [4.78, 5) is 32.3. The van der Waals surface area contributed by atoms with Crippen molar-refractivity contribution in [2.24, 2.45) is 0 Å². The van der Waals surface area contributed by atoms with E-state index in [-0.39, 0.29) is 11.0 Å². The standard InChI is InChI=1S/C27H23N3O2/c1-16(2)17-7-9-18(10-8-17)21-13-19-11-12-28-24(19)14-25(21)30-27(32)22-15-29-23-6-4-3-5-20(23)26(22)31/h3-16,28H,1-2H3,(H,29,31)(H,30,32). The van der Waals surface area contributed by atoms with Crippen LogP contribution >= 0.6 is 0 Å². The maximum Gasteiger partial charge on any atom is 0.261 e. The lowest BCUT2D eigenvalue weighted by molar-refractivity contribution is 0.102. The van der Waals surface area contributed by atoms with Crippen LogP contribution in [0.1, 0.15) is 35.7 Å². The van der Waals surface area contributed by atoms with E-state index >= 15 is 0 Å². The topological polar surface area (TPSA) is 77.8 Å². The molecule has 3 aromatic carbocycles. The normalized spacial score (nSPS) is 11.3. The zero-order chi connectivity index (χ0) is 22.2. The van der Waals surface area contributed by atoms with Crippen molar-refractivity contribution in [1.29, 1.82) is 0 Å². The van der Waals surface area contributed by atoms with Gasteiger partial charge in [-0.25, -0.2) is 0 Å². The molecule has 0 aliphatic rings. The van der Waals surface area contributed by atoms with Crippen LogP contribution in [0.2, 0.25) is 0 Å². The minimum atomic E-state index is -0.442. The van der Waals surface area contributed by atoms with Crippen LogP contribution in [-0.2, 0) is 0 Å². The van der Waals surface area contributed by atoms with Crippen molar-refractivity contribution in [2.75, 3.05) is 5.32 Å². The molecule has 2 aromatic heterocycles. The lowest BCUT2D eigenvalue weighted by atomic mass is 9.97. The lowest BCUT2D eigenvalue weighted by Crippen LogP contribution is -2.22. The maximum atomic E-state index is 13.1. The molecule has 3 N–H and O–H groups in total. The van der Waals surface area contributed by atoms with Gasteiger partial charge in [-0.05, 0) is 47.4 Å². The van der Waals surface area contributed by atoms with E-state index in [1.807, 2.05) is 30.5 Å². The quantitative estimate of drug-likeness (QED) is 0.330. The molecule has 5 heteroatoms. The van der Waals surface area contributed by atoms with Crippen LogP contribution < -0.4 is 10.7 Å². The first-order valence-electron chi connectivity index (χ1n) is 10.6. The Balaban J connectivity index is 1.58. The molecule has 2 heterocycles. The number of amides is 1. The Bertz CT molecular complexity index is 1510. The van der Waals surface area contributed by atoms with Crippen molar-refractivity contribution in [3.63, 3.8) is 0 Å². The number of benzene rings is 3. The highest BCUT2D eigenvalue weighted by molar-refractivity contribution is 6.09. The minimum Gasteiger partial charge on any atom is -0.361 e. The molecule has 0 bridgehead atoms. The zero-order valence-electron chi connectivity index (χ0n) is 17.9. The Hall–Kier alpha value is -4.12. The maximum absolute atomic E-state index is 13.1. The SMILES string of the molecule is CC(C)c1ccc(-c2cc3cc[nH]c3cc2NC(=O)c2c[nH]c3ccccc3c2=O)cc1. The third-order valence-electron chi connectivity index (χ3n) is 5.86. The number of aromatic amines is 2. The molecular weight excluding hydrogens is 398 g/mol. The van der Waals surface area contributed by atoms with Gasteiger partial charge in [0.05, 0.1) is 5.69 Å². The summed E-state index contributed by atoms with van der Waals surface area (Å²) in [6.45, 7) is 4.32. The van der Waals surface area contributed by atoms with Crippen molar-refractivity contribution < 1.29 is 4.79 Å². The molecule has 0 saturated heterocycles. The average molecular weight is 422 g/mol. The van der Waals surface area contributed by atoms with Gasteiger partial charge < -0.3 is 15.3 Å². The van der Waals surface area contributed by atoms with E-state index in [2.05, 4.69) is 59.5 Å². The second kappa shape index (κ2) is 7.85. The summed E-state index contributed by atoms with van der Waals surface area (Å²) in [7, 11) is 0. The fourth-order valence-electron chi connectivity index (χ4n) is 4.02. The number of anilines is 1. The summed E-state index contributed by atoms with van der Waals surface area (Å²) >= 11 is 0. The highest BCUT2D eigenvalue weighted by Gasteiger charge is 2.16. The van der Waals surface area contributed by atoms with Crippen LogP contribution in [0.4, 0.5) is 5.69 Å². The Kier molecular flexibility index (Phi) is 4.86. The van der Waals surface area contributed by atoms with Gasteiger partial charge >= 0.3 is 0 Å². The van der Waals surface area contributed by atoms with Gasteiger partial charge in [0.25, 0.3) is 5.91 Å². The van der Waals surface area contributed by atoms with E-state index in [0.29, 0.717) is 22.5 Å². The monoisotopic (exact) mass is 421 g/mol. The number of pyridine rings is 1. The van der Waals surface area contributed by atoms with Gasteiger partial charge in [-0.3, -0.25) is 9.59 Å². The summed E-state index contributed by atoms with van der Waals surface area (Å²) in [6.07, 6.45) is 3.35. The van der Waals surface area contributed by atoms with Crippen LogP contribution in [0.25, 0.3) is 32.9 Å². The summed E-state index contributed by atoms with van der Waals surface area (Å²) < 4.78 is 0. The molecule has 158 valence electrons. The molecule has 0 radical (unpaired) electrons. The molecular formula is C27H23N3O2. The van der Waals surface area contributed by atoms with Gasteiger partial charge in [-0.2, -0.15) is 0 Å². The molecule has 0 aliphatic carbocycles. The number of aromatic nitrogens is 2. The second-order valence-electron chi connectivity index (χ2n) is 8.27. The fraction of sp³-hybridized carbons (Fsp3) is 0.111. The number of carbonyl (C=O) groups is 1. The van der Waals surface area contributed by atoms with Gasteiger partial charge in [-0.1, -0.05) is 50.2 Å². The summed E-state index contributed by atoms with van der Waals surface area (Å²) in [5.74, 6) is -0.00188. The van der Waals surface area contributed by atoms with E-state index in [9.17, 15) is 9.59 Å². The molecule has 0 saturated carbocycles. The van der Waals surface area contributed by atoms with Crippen LogP contribution in [0.5, 0.6) is 0 Å². The fourth-order valence-corrected chi connectivity index (χ4v) is 4.02. The number of nitrogens with one attached hydrogen (secondary N) is 3. The second-order valence-corrected chi connectivity index (χ2v) is 8.27. The van der Waals surface area contributed by atoms with E-state index < -0.39 is 5.91 Å². The number of para-hydroxylation sites is 1. The molecule has 0 fully saturated rings. The third kappa shape index (κ3) is 3.48. The van der Waals surface area contributed by atoms with Gasteiger partial charge in [0.2, 0.25) is 5.43 Å². The Labute approximate surface area is 185 Å². The Morgan fingerprint density at radius 2 is 1.69 bits per heavy atom. The van der Waals surface area contributed by atoms with Gasteiger partial charge in [0, 0.05) is 39.8 Å². The van der Waals surface area contributed by atoms with E-state index in [1.54, 1.807) is 12.1 Å². The Morgan fingerprint density at radius 1 is 0.906 bits per heavy atom. The Morgan fingerprint density at radius 3 is 2.47 bits per heavy atom. The molecule has 5 nitrogen and oxygen atoms in total. The summed E-state index contributed by atoms with van der Waals surface area (Å²) in [5.41, 5.74) is 5.21. The first kappa shape index (κ1) is 19.8.